The number of rotatable bonds is 4. The average molecular weight is 277 g/mol. The summed E-state index contributed by atoms with van der Waals surface area (Å²) in [5.74, 6) is 6.44. The highest BCUT2D eigenvalue weighted by Gasteiger charge is 2.16. The lowest BCUT2D eigenvalue weighted by molar-refractivity contribution is 0.0903. The van der Waals surface area contributed by atoms with Gasteiger partial charge in [-0.25, -0.2) is 10.8 Å². The minimum absolute atomic E-state index is 0.264. The molecule has 0 radical (unpaired) electrons. The molecule has 0 aromatic carbocycles. The van der Waals surface area contributed by atoms with Gasteiger partial charge in [-0.1, -0.05) is 0 Å². The zero-order valence-electron chi connectivity index (χ0n) is 10.7. The largest absolute Gasteiger partial charge is 0.381 e. The van der Waals surface area contributed by atoms with E-state index in [4.69, 9.17) is 10.6 Å². The molecule has 10 heteroatoms. The van der Waals surface area contributed by atoms with Gasteiger partial charge in [-0.2, -0.15) is 24.7 Å². The maximum Gasteiger partial charge on any atom is 0.258 e. The second kappa shape index (κ2) is 5.75. The fraction of sp³-hybridized carbons (Fsp3) is 0.500. The summed E-state index contributed by atoms with van der Waals surface area (Å²) in [6.45, 7) is 1.47. The quantitative estimate of drug-likeness (QED) is 0.492. The predicted octanol–water partition coefficient (Wildman–Crippen LogP) is -0.671. The van der Waals surface area contributed by atoms with Crippen LogP contribution in [-0.2, 0) is 4.74 Å². The van der Waals surface area contributed by atoms with E-state index in [0.717, 1.165) is 26.1 Å². The Bertz CT molecular complexity index is 552. The van der Waals surface area contributed by atoms with Crippen LogP contribution in [0.15, 0.2) is 12.7 Å². The van der Waals surface area contributed by atoms with E-state index >= 15 is 0 Å². The van der Waals surface area contributed by atoms with E-state index in [0.29, 0.717) is 11.9 Å². The topological polar surface area (TPSA) is 129 Å². The maximum atomic E-state index is 5.38. The lowest BCUT2D eigenvalue weighted by atomic mass is 10.1. The smallest absolute Gasteiger partial charge is 0.258 e. The highest BCUT2D eigenvalue weighted by molar-refractivity contribution is 5.37. The van der Waals surface area contributed by atoms with Gasteiger partial charge in [0, 0.05) is 19.3 Å². The third-order valence-electron chi connectivity index (χ3n) is 2.93. The van der Waals surface area contributed by atoms with Crippen molar-refractivity contribution in [2.75, 3.05) is 24.0 Å². The molecule has 0 atom stereocenters. The predicted molar refractivity (Wildman–Crippen MR) is 70.0 cm³/mol. The fourth-order valence-corrected chi connectivity index (χ4v) is 1.93. The Morgan fingerprint density at radius 2 is 2.00 bits per heavy atom. The van der Waals surface area contributed by atoms with Crippen molar-refractivity contribution in [2.45, 2.75) is 18.9 Å². The average Bonchev–Trinajstić information content (AvgIpc) is 3.02. The van der Waals surface area contributed by atoms with Gasteiger partial charge in [0.25, 0.3) is 5.95 Å². The second-order valence-corrected chi connectivity index (χ2v) is 4.30. The fourth-order valence-electron chi connectivity index (χ4n) is 1.93. The van der Waals surface area contributed by atoms with Crippen LogP contribution in [-0.4, -0.2) is 49.0 Å². The van der Waals surface area contributed by atoms with E-state index in [-0.39, 0.29) is 12.0 Å². The van der Waals surface area contributed by atoms with Gasteiger partial charge in [0.15, 0.2) is 0 Å². The van der Waals surface area contributed by atoms with Crippen LogP contribution in [0, 0.1) is 0 Å². The number of nitrogen functional groups attached to an aromatic ring is 1. The summed E-state index contributed by atoms with van der Waals surface area (Å²) in [7, 11) is 0. The molecule has 10 nitrogen and oxygen atoms in total. The standard InChI is InChI=1S/C10H15N9O/c11-18-9-15-8(14-7-1-3-20-4-2-7)16-10(17-9)19-6-12-5-13-19/h5-7H,1-4,11H2,(H2,14,15,16,17,18). The third kappa shape index (κ3) is 2.81. The van der Waals surface area contributed by atoms with E-state index in [1.54, 1.807) is 0 Å². The van der Waals surface area contributed by atoms with Crippen molar-refractivity contribution < 1.29 is 4.74 Å². The molecule has 3 heterocycles. The number of aromatic nitrogens is 6. The Morgan fingerprint density at radius 1 is 1.20 bits per heavy atom. The van der Waals surface area contributed by atoms with E-state index in [9.17, 15) is 0 Å². The minimum Gasteiger partial charge on any atom is -0.381 e. The van der Waals surface area contributed by atoms with E-state index in [1.165, 1.54) is 17.3 Å². The van der Waals surface area contributed by atoms with Gasteiger partial charge in [-0.15, -0.1) is 0 Å². The number of hydrazine groups is 1. The molecule has 1 aliphatic heterocycles. The number of hydrogen-bond donors (Lipinski definition) is 3. The molecule has 0 bridgehead atoms. The van der Waals surface area contributed by atoms with Crippen LogP contribution in [0.5, 0.6) is 0 Å². The number of nitrogens with two attached hydrogens (primary N) is 1. The van der Waals surface area contributed by atoms with Gasteiger partial charge in [-0.05, 0) is 12.8 Å². The second-order valence-electron chi connectivity index (χ2n) is 4.30. The molecule has 20 heavy (non-hydrogen) atoms. The summed E-state index contributed by atoms with van der Waals surface area (Å²) in [5, 5.41) is 7.24. The Balaban J connectivity index is 1.84. The number of nitrogens with one attached hydrogen (secondary N) is 2. The molecule has 2 aromatic heterocycles. The van der Waals surface area contributed by atoms with Gasteiger partial charge in [0.05, 0.1) is 0 Å². The summed E-state index contributed by atoms with van der Waals surface area (Å²) in [4.78, 5) is 16.5. The highest BCUT2D eigenvalue weighted by atomic mass is 16.5. The molecule has 0 aliphatic carbocycles. The number of hydrogen-bond acceptors (Lipinski definition) is 9. The normalized spacial score (nSPS) is 16.1. The van der Waals surface area contributed by atoms with Crippen LogP contribution in [0.2, 0.25) is 0 Å². The van der Waals surface area contributed by atoms with Crippen LogP contribution in [0.3, 0.4) is 0 Å². The first kappa shape index (κ1) is 12.7. The van der Waals surface area contributed by atoms with Crippen LogP contribution >= 0.6 is 0 Å². The Hall–Kier alpha value is -2.33. The van der Waals surface area contributed by atoms with Crippen molar-refractivity contribution in [2.24, 2.45) is 5.84 Å². The van der Waals surface area contributed by atoms with E-state index < -0.39 is 0 Å². The molecule has 4 N–H and O–H groups in total. The summed E-state index contributed by atoms with van der Waals surface area (Å²) in [5.41, 5.74) is 2.42. The molecule has 1 saturated heterocycles. The zero-order chi connectivity index (χ0) is 13.8. The van der Waals surface area contributed by atoms with Crippen molar-refractivity contribution in [3.8, 4) is 5.95 Å². The lowest BCUT2D eigenvalue weighted by Crippen LogP contribution is -2.29. The third-order valence-corrected chi connectivity index (χ3v) is 2.93. The summed E-state index contributed by atoms with van der Waals surface area (Å²) >= 11 is 0. The summed E-state index contributed by atoms with van der Waals surface area (Å²) < 4.78 is 6.76. The first-order valence-electron chi connectivity index (χ1n) is 6.27. The first-order chi connectivity index (χ1) is 9.85. The molecule has 0 spiro atoms. The molecule has 1 aliphatic rings. The molecule has 3 rings (SSSR count). The molecule has 106 valence electrons. The molecular formula is C10H15N9O. The summed E-state index contributed by atoms with van der Waals surface area (Å²) in [6.07, 6.45) is 4.74. The molecule has 2 aromatic rings. The van der Waals surface area contributed by atoms with Gasteiger partial charge < -0.3 is 10.1 Å². The van der Waals surface area contributed by atoms with Gasteiger partial charge in [-0.3, -0.25) is 5.43 Å². The maximum absolute atomic E-state index is 5.38. The Morgan fingerprint density at radius 3 is 2.70 bits per heavy atom. The van der Waals surface area contributed by atoms with Crippen LogP contribution in [0.4, 0.5) is 11.9 Å². The van der Waals surface area contributed by atoms with Crippen molar-refractivity contribution in [1.82, 2.24) is 29.7 Å². The summed E-state index contributed by atoms with van der Waals surface area (Å²) in [6, 6.07) is 0.278. The highest BCUT2D eigenvalue weighted by Crippen LogP contribution is 2.13. The molecular weight excluding hydrogens is 262 g/mol. The van der Waals surface area contributed by atoms with Gasteiger partial charge >= 0.3 is 0 Å². The van der Waals surface area contributed by atoms with Crippen molar-refractivity contribution in [3.05, 3.63) is 12.7 Å². The zero-order valence-corrected chi connectivity index (χ0v) is 10.7. The van der Waals surface area contributed by atoms with Crippen LogP contribution in [0.25, 0.3) is 5.95 Å². The number of anilines is 2. The van der Waals surface area contributed by atoms with E-state index in [2.05, 4.69) is 35.8 Å². The SMILES string of the molecule is NNc1nc(NC2CCOCC2)nc(-n2cncn2)n1. The molecule has 0 unspecified atom stereocenters. The molecule has 1 fully saturated rings. The Kier molecular flexibility index (Phi) is 3.65. The van der Waals surface area contributed by atoms with Crippen molar-refractivity contribution in [1.29, 1.82) is 0 Å². The van der Waals surface area contributed by atoms with Gasteiger partial charge in [0.1, 0.15) is 12.7 Å². The Labute approximate surface area is 114 Å². The van der Waals surface area contributed by atoms with Crippen LogP contribution in [0.1, 0.15) is 12.8 Å². The van der Waals surface area contributed by atoms with Crippen molar-refractivity contribution in [3.63, 3.8) is 0 Å². The lowest BCUT2D eigenvalue weighted by Gasteiger charge is -2.23. The number of ether oxygens (including phenoxy) is 1. The van der Waals surface area contributed by atoms with E-state index in [1.807, 2.05) is 0 Å². The molecule has 0 amide bonds. The first-order valence-corrected chi connectivity index (χ1v) is 6.27. The number of nitrogens with zero attached hydrogens (tertiary/aromatic N) is 6. The van der Waals surface area contributed by atoms with Gasteiger partial charge in [0.2, 0.25) is 11.9 Å². The van der Waals surface area contributed by atoms with Crippen molar-refractivity contribution >= 4 is 11.9 Å². The molecule has 0 saturated carbocycles. The van der Waals surface area contributed by atoms with Crippen LogP contribution < -0.4 is 16.6 Å². The monoisotopic (exact) mass is 277 g/mol. The minimum atomic E-state index is 0.264.